The molecule has 2 N–H and O–H groups in total. The smallest absolute Gasteiger partial charge is 0.332 e. The van der Waals surface area contributed by atoms with Gasteiger partial charge < -0.3 is 9.84 Å². The Morgan fingerprint density at radius 1 is 0.914 bits per heavy atom. The van der Waals surface area contributed by atoms with Crippen molar-refractivity contribution < 1.29 is 9.84 Å². The highest BCUT2D eigenvalue weighted by Gasteiger charge is 2.37. The highest BCUT2D eigenvalue weighted by atomic mass is 16.5. The van der Waals surface area contributed by atoms with Gasteiger partial charge in [0.1, 0.15) is 11.7 Å². The molecule has 0 bridgehead atoms. The van der Waals surface area contributed by atoms with Crippen LogP contribution >= 0.6 is 0 Å². The highest BCUT2D eigenvalue weighted by molar-refractivity contribution is 5.47. The molecule has 0 unspecified atom stereocenters. The van der Waals surface area contributed by atoms with Gasteiger partial charge in [-0.2, -0.15) is 0 Å². The first-order valence-electron chi connectivity index (χ1n) is 11.2. The van der Waals surface area contributed by atoms with Crippen LogP contribution in [-0.2, 0) is 10.3 Å². The molecule has 3 aromatic carbocycles. The summed E-state index contributed by atoms with van der Waals surface area (Å²) in [5.74, 6) is 0. The van der Waals surface area contributed by atoms with Gasteiger partial charge in [-0.15, -0.1) is 5.73 Å². The van der Waals surface area contributed by atoms with E-state index in [2.05, 4.69) is 10.7 Å². The molecule has 6 nitrogen and oxygen atoms in total. The average Bonchev–Trinajstić information content (AvgIpc) is 2.89. The van der Waals surface area contributed by atoms with E-state index in [0.717, 1.165) is 16.7 Å². The Kier molecular flexibility index (Phi) is 7.38. The summed E-state index contributed by atoms with van der Waals surface area (Å²) in [5.41, 5.74) is 4.03. The quantitative estimate of drug-likeness (QED) is 0.305. The van der Waals surface area contributed by atoms with Crippen LogP contribution in [0.4, 0.5) is 0 Å². The molecule has 6 heteroatoms. The average molecular weight is 467 g/mol. The van der Waals surface area contributed by atoms with Crippen molar-refractivity contribution in [3.8, 4) is 0 Å². The number of hydrogen-bond acceptors (Lipinski definition) is 4. The molecule has 4 aromatic rings. The summed E-state index contributed by atoms with van der Waals surface area (Å²) in [7, 11) is 0. The van der Waals surface area contributed by atoms with Gasteiger partial charge in [-0.05, 0) is 29.7 Å². The molecule has 176 valence electrons. The summed E-state index contributed by atoms with van der Waals surface area (Å²) >= 11 is 0. The van der Waals surface area contributed by atoms with E-state index in [9.17, 15) is 14.7 Å². The Morgan fingerprint density at radius 3 is 1.89 bits per heavy atom. The van der Waals surface area contributed by atoms with E-state index in [1.165, 1.54) is 23.0 Å². The van der Waals surface area contributed by atoms with Gasteiger partial charge in [-0.25, -0.2) is 4.79 Å². The molecule has 1 aromatic heterocycles. The number of aliphatic hydroxyl groups excluding tert-OH is 1. The summed E-state index contributed by atoms with van der Waals surface area (Å²) in [6.07, 6.45) is 3.18. The lowest BCUT2D eigenvalue weighted by molar-refractivity contribution is -0.0248. The number of rotatable bonds is 8. The first-order valence-corrected chi connectivity index (χ1v) is 11.2. The SMILES string of the molecule is Cc1cn(C=C=C[C@H](O)COC(c2ccccc2)(c2ccccc2)c2ccccc2)c(=O)[nH]c1=O. The Bertz CT molecular complexity index is 1340. The molecule has 0 aliphatic rings. The lowest BCUT2D eigenvalue weighted by Gasteiger charge is -2.36. The Labute approximate surface area is 203 Å². The van der Waals surface area contributed by atoms with Crippen molar-refractivity contribution in [1.29, 1.82) is 0 Å². The number of aliphatic hydroxyl groups is 1. The van der Waals surface area contributed by atoms with Crippen LogP contribution in [0, 0.1) is 6.92 Å². The van der Waals surface area contributed by atoms with Gasteiger partial charge >= 0.3 is 5.69 Å². The maximum atomic E-state index is 11.9. The monoisotopic (exact) mass is 466 g/mol. The predicted molar refractivity (Wildman–Crippen MR) is 136 cm³/mol. The zero-order valence-corrected chi connectivity index (χ0v) is 19.3. The van der Waals surface area contributed by atoms with Crippen molar-refractivity contribution in [3.05, 3.63) is 152 Å². The number of benzene rings is 3. The number of H-pyrrole nitrogens is 1. The number of ether oxygens (including phenoxy) is 1. The minimum atomic E-state index is -0.999. The summed E-state index contributed by atoms with van der Waals surface area (Å²) < 4.78 is 7.76. The third-order valence-electron chi connectivity index (χ3n) is 5.66. The molecule has 4 rings (SSSR count). The van der Waals surface area contributed by atoms with E-state index < -0.39 is 23.0 Å². The molecular weight excluding hydrogens is 440 g/mol. The second-order valence-electron chi connectivity index (χ2n) is 8.10. The standard InChI is InChI=1S/C29H26N2O4/c1-22-20-31(28(34)30-27(22)33)19-11-18-26(32)21-35-29(23-12-5-2-6-13-23,24-14-7-3-8-15-24)25-16-9-4-10-17-25/h2-10,12-20,26,32H,21H2,1H3,(H,30,33,34)/t11?,26-/m0/s1. The van der Waals surface area contributed by atoms with Crippen LogP contribution < -0.4 is 11.2 Å². The fourth-order valence-electron chi connectivity index (χ4n) is 3.94. The lowest BCUT2D eigenvalue weighted by Crippen LogP contribution is -2.35. The summed E-state index contributed by atoms with van der Waals surface area (Å²) in [5, 5.41) is 10.7. The molecule has 0 spiro atoms. The molecular formula is C29H26N2O4. The first kappa shape index (κ1) is 23.9. The molecule has 35 heavy (non-hydrogen) atoms. The van der Waals surface area contributed by atoms with Gasteiger partial charge in [0.05, 0.1) is 12.8 Å². The molecule has 0 radical (unpaired) electrons. The molecule has 0 saturated carbocycles. The van der Waals surface area contributed by atoms with E-state index >= 15 is 0 Å². The maximum absolute atomic E-state index is 11.9. The van der Waals surface area contributed by atoms with Crippen LogP contribution in [0.2, 0.25) is 0 Å². The Hall–Kier alpha value is -4.22. The van der Waals surface area contributed by atoms with Crippen LogP contribution in [0.25, 0.3) is 6.20 Å². The normalized spacial score (nSPS) is 11.9. The third-order valence-corrected chi connectivity index (χ3v) is 5.66. The van der Waals surface area contributed by atoms with Crippen molar-refractivity contribution >= 4 is 6.20 Å². The van der Waals surface area contributed by atoms with Gasteiger partial charge in [0.2, 0.25) is 0 Å². The minimum Gasteiger partial charge on any atom is -0.386 e. The fourth-order valence-corrected chi connectivity index (χ4v) is 3.94. The highest BCUT2D eigenvalue weighted by Crippen LogP contribution is 2.40. The molecule has 1 atom stereocenters. The van der Waals surface area contributed by atoms with Crippen molar-refractivity contribution in [1.82, 2.24) is 9.55 Å². The number of nitrogens with zero attached hydrogens (tertiary/aromatic N) is 1. The Balaban J connectivity index is 1.68. The fraction of sp³-hybridized carbons (Fsp3) is 0.138. The van der Waals surface area contributed by atoms with E-state index in [1.807, 2.05) is 91.0 Å². The van der Waals surface area contributed by atoms with Crippen LogP contribution in [0.5, 0.6) is 0 Å². The number of hydrogen-bond donors (Lipinski definition) is 2. The van der Waals surface area contributed by atoms with Crippen molar-refractivity contribution in [2.24, 2.45) is 0 Å². The summed E-state index contributed by atoms with van der Waals surface area (Å²) in [6, 6.07) is 29.7. The summed E-state index contributed by atoms with van der Waals surface area (Å²) in [4.78, 5) is 25.7. The molecule has 0 saturated heterocycles. The number of nitrogens with one attached hydrogen (secondary N) is 1. The first-order chi connectivity index (χ1) is 17.0. The summed E-state index contributed by atoms with van der Waals surface area (Å²) in [6.45, 7) is 1.57. The van der Waals surface area contributed by atoms with Gasteiger partial charge in [0, 0.05) is 11.8 Å². The van der Waals surface area contributed by atoms with Crippen LogP contribution in [-0.4, -0.2) is 27.4 Å². The van der Waals surface area contributed by atoms with Crippen LogP contribution in [0.1, 0.15) is 22.3 Å². The van der Waals surface area contributed by atoms with Gasteiger partial charge in [0.25, 0.3) is 5.56 Å². The third kappa shape index (κ3) is 5.31. The van der Waals surface area contributed by atoms with Gasteiger partial charge in [-0.3, -0.25) is 14.3 Å². The molecule has 0 aliphatic carbocycles. The molecule has 0 amide bonds. The second kappa shape index (κ2) is 10.8. The lowest BCUT2D eigenvalue weighted by atomic mass is 9.80. The van der Waals surface area contributed by atoms with E-state index in [4.69, 9.17) is 4.74 Å². The van der Waals surface area contributed by atoms with E-state index in [-0.39, 0.29) is 6.61 Å². The minimum absolute atomic E-state index is 0.0287. The number of aromatic nitrogens is 2. The molecule has 0 aliphatic heterocycles. The van der Waals surface area contributed by atoms with Gasteiger partial charge in [-0.1, -0.05) is 91.0 Å². The second-order valence-corrected chi connectivity index (χ2v) is 8.10. The van der Waals surface area contributed by atoms with E-state index in [1.54, 1.807) is 6.92 Å². The topological polar surface area (TPSA) is 84.3 Å². The maximum Gasteiger partial charge on any atom is 0.332 e. The van der Waals surface area contributed by atoms with Crippen LogP contribution in [0.15, 0.2) is 119 Å². The van der Waals surface area contributed by atoms with Crippen molar-refractivity contribution in [3.63, 3.8) is 0 Å². The van der Waals surface area contributed by atoms with E-state index in [0.29, 0.717) is 5.56 Å². The van der Waals surface area contributed by atoms with Crippen molar-refractivity contribution in [2.45, 2.75) is 18.6 Å². The molecule has 1 heterocycles. The Morgan fingerprint density at radius 2 is 1.40 bits per heavy atom. The van der Waals surface area contributed by atoms with Crippen molar-refractivity contribution in [2.75, 3.05) is 6.61 Å². The largest absolute Gasteiger partial charge is 0.386 e. The predicted octanol–water partition coefficient (Wildman–Crippen LogP) is 3.84. The molecule has 0 fully saturated rings. The zero-order valence-electron chi connectivity index (χ0n) is 19.3. The number of aryl methyl sites for hydroxylation is 1. The zero-order chi connectivity index (χ0) is 24.7. The van der Waals surface area contributed by atoms with Gasteiger partial charge in [0.15, 0.2) is 0 Å². The van der Waals surface area contributed by atoms with Crippen LogP contribution in [0.3, 0.4) is 0 Å². The number of aromatic amines is 1.